The van der Waals surface area contributed by atoms with Gasteiger partial charge in [-0.3, -0.25) is 4.98 Å². The molecule has 1 aliphatic rings. The molecule has 0 bridgehead atoms. The van der Waals surface area contributed by atoms with Gasteiger partial charge in [0.05, 0.1) is 31.6 Å². The Balaban J connectivity index is 2.02. The molecule has 0 spiro atoms. The Bertz CT molecular complexity index is 347. The van der Waals surface area contributed by atoms with Crippen molar-refractivity contribution in [2.45, 2.75) is 12.1 Å². The van der Waals surface area contributed by atoms with Crippen molar-refractivity contribution in [3.05, 3.63) is 12.4 Å². The third-order valence-corrected chi connectivity index (χ3v) is 2.62. The lowest BCUT2D eigenvalue weighted by molar-refractivity contribution is 0.111. The molecule has 6 heteroatoms. The second-order valence-corrected chi connectivity index (χ2v) is 3.63. The summed E-state index contributed by atoms with van der Waals surface area (Å²) < 4.78 is 10.4. The SMILES string of the molecule is COc1cncc(NC2CNC[C@@H]2OC)n1. The number of ether oxygens (including phenoxy) is 2. The first-order valence-electron chi connectivity index (χ1n) is 5.19. The van der Waals surface area contributed by atoms with Gasteiger partial charge in [0, 0.05) is 20.2 Å². The molecule has 1 aromatic rings. The highest BCUT2D eigenvalue weighted by Crippen LogP contribution is 2.13. The molecule has 2 atom stereocenters. The normalized spacial score (nSPS) is 24.4. The van der Waals surface area contributed by atoms with Gasteiger partial charge in [-0.1, -0.05) is 0 Å². The summed E-state index contributed by atoms with van der Waals surface area (Å²) in [5.41, 5.74) is 0. The van der Waals surface area contributed by atoms with Crippen LogP contribution in [0, 0.1) is 0 Å². The lowest BCUT2D eigenvalue weighted by atomic mass is 10.2. The molecule has 0 aliphatic carbocycles. The number of methoxy groups -OCH3 is 2. The third-order valence-electron chi connectivity index (χ3n) is 2.62. The minimum absolute atomic E-state index is 0.160. The van der Waals surface area contributed by atoms with E-state index in [9.17, 15) is 0 Å². The van der Waals surface area contributed by atoms with Crippen molar-refractivity contribution in [1.29, 1.82) is 0 Å². The number of hydrogen-bond acceptors (Lipinski definition) is 6. The Labute approximate surface area is 94.4 Å². The number of aromatic nitrogens is 2. The van der Waals surface area contributed by atoms with Gasteiger partial charge in [-0.05, 0) is 0 Å². The molecule has 0 aromatic carbocycles. The first-order valence-corrected chi connectivity index (χ1v) is 5.19. The van der Waals surface area contributed by atoms with Crippen LogP contribution in [-0.4, -0.2) is 49.4 Å². The molecule has 16 heavy (non-hydrogen) atoms. The fraction of sp³-hybridized carbons (Fsp3) is 0.600. The number of nitrogens with zero attached hydrogens (tertiary/aromatic N) is 2. The van der Waals surface area contributed by atoms with E-state index < -0.39 is 0 Å². The first-order chi connectivity index (χ1) is 7.83. The van der Waals surface area contributed by atoms with Gasteiger partial charge in [0.15, 0.2) is 0 Å². The zero-order valence-electron chi connectivity index (χ0n) is 9.43. The minimum Gasteiger partial charge on any atom is -0.480 e. The summed E-state index contributed by atoms with van der Waals surface area (Å²) >= 11 is 0. The maximum Gasteiger partial charge on any atom is 0.233 e. The van der Waals surface area contributed by atoms with Gasteiger partial charge in [0.1, 0.15) is 5.82 Å². The number of rotatable bonds is 4. The number of nitrogens with one attached hydrogen (secondary N) is 2. The quantitative estimate of drug-likeness (QED) is 0.743. The zero-order chi connectivity index (χ0) is 11.4. The van der Waals surface area contributed by atoms with Crippen molar-refractivity contribution < 1.29 is 9.47 Å². The van der Waals surface area contributed by atoms with Crippen LogP contribution in [0.4, 0.5) is 5.82 Å². The monoisotopic (exact) mass is 224 g/mol. The van der Waals surface area contributed by atoms with Crippen LogP contribution in [0.2, 0.25) is 0 Å². The average Bonchev–Trinajstić information content (AvgIpc) is 2.76. The lowest BCUT2D eigenvalue weighted by Gasteiger charge is -2.18. The summed E-state index contributed by atoms with van der Waals surface area (Å²) in [6.07, 6.45) is 3.41. The van der Waals surface area contributed by atoms with E-state index in [0.29, 0.717) is 11.7 Å². The molecule has 1 aliphatic heterocycles. The van der Waals surface area contributed by atoms with Crippen molar-refractivity contribution in [3.8, 4) is 5.88 Å². The molecule has 0 radical (unpaired) electrons. The van der Waals surface area contributed by atoms with Crippen molar-refractivity contribution in [2.24, 2.45) is 0 Å². The molecule has 1 unspecified atom stereocenters. The summed E-state index contributed by atoms with van der Waals surface area (Å²) in [5.74, 6) is 1.21. The van der Waals surface area contributed by atoms with Gasteiger partial charge in [-0.15, -0.1) is 0 Å². The number of anilines is 1. The van der Waals surface area contributed by atoms with Gasteiger partial charge in [-0.25, -0.2) is 0 Å². The molecule has 88 valence electrons. The smallest absolute Gasteiger partial charge is 0.233 e. The Kier molecular flexibility index (Phi) is 3.53. The molecule has 0 amide bonds. The summed E-state index contributed by atoms with van der Waals surface area (Å²) in [7, 11) is 3.28. The van der Waals surface area contributed by atoms with Crippen LogP contribution in [-0.2, 0) is 4.74 Å². The van der Waals surface area contributed by atoms with Gasteiger partial charge < -0.3 is 20.1 Å². The Morgan fingerprint density at radius 1 is 1.38 bits per heavy atom. The second-order valence-electron chi connectivity index (χ2n) is 3.63. The third kappa shape index (κ3) is 2.40. The summed E-state index contributed by atoms with van der Waals surface area (Å²) in [4.78, 5) is 8.28. The zero-order valence-corrected chi connectivity index (χ0v) is 9.43. The van der Waals surface area contributed by atoms with E-state index >= 15 is 0 Å². The molecule has 2 rings (SSSR count). The van der Waals surface area contributed by atoms with E-state index in [2.05, 4.69) is 20.6 Å². The van der Waals surface area contributed by atoms with Crippen LogP contribution in [0.25, 0.3) is 0 Å². The van der Waals surface area contributed by atoms with Gasteiger partial charge in [0.2, 0.25) is 5.88 Å². The van der Waals surface area contributed by atoms with Gasteiger partial charge in [0.25, 0.3) is 0 Å². The van der Waals surface area contributed by atoms with Crippen LogP contribution < -0.4 is 15.4 Å². The van der Waals surface area contributed by atoms with Crippen molar-refractivity contribution in [1.82, 2.24) is 15.3 Å². The fourth-order valence-electron chi connectivity index (χ4n) is 1.75. The summed E-state index contributed by atoms with van der Waals surface area (Å²) in [6, 6.07) is 0.214. The maximum atomic E-state index is 5.35. The molecular formula is C10H16N4O2. The highest BCUT2D eigenvalue weighted by atomic mass is 16.5. The van der Waals surface area contributed by atoms with Crippen molar-refractivity contribution >= 4 is 5.82 Å². The van der Waals surface area contributed by atoms with Crippen LogP contribution in [0.3, 0.4) is 0 Å². The van der Waals surface area contributed by atoms with E-state index in [4.69, 9.17) is 9.47 Å². The Morgan fingerprint density at radius 2 is 2.25 bits per heavy atom. The average molecular weight is 224 g/mol. The van der Waals surface area contributed by atoms with Crippen LogP contribution in [0.15, 0.2) is 12.4 Å². The van der Waals surface area contributed by atoms with Crippen molar-refractivity contribution in [2.75, 3.05) is 32.6 Å². The molecule has 2 heterocycles. The fourth-order valence-corrected chi connectivity index (χ4v) is 1.75. The van der Waals surface area contributed by atoms with Crippen LogP contribution in [0.1, 0.15) is 0 Å². The topological polar surface area (TPSA) is 68.3 Å². The van der Waals surface area contributed by atoms with Gasteiger partial charge >= 0.3 is 0 Å². The number of hydrogen-bond donors (Lipinski definition) is 2. The van der Waals surface area contributed by atoms with E-state index in [-0.39, 0.29) is 12.1 Å². The van der Waals surface area contributed by atoms with E-state index in [0.717, 1.165) is 13.1 Å². The summed E-state index contributed by atoms with van der Waals surface area (Å²) in [5, 5.41) is 6.53. The standard InChI is InChI=1S/C10H16N4O2/c1-15-8-4-11-3-7(8)13-9-5-12-6-10(14-9)16-2/h5-8,11H,3-4H2,1-2H3,(H,13,14)/t7?,8-/m0/s1. The molecule has 6 nitrogen and oxygen atoms in total. The van der Waals surface area contributed by atoms with Crippen molar-refractivity contribution in [3.63, 3.8) is 0 Å². The van der Waals surface area contributed by atoms with E-state index in [1.165, 1.54) is 0 Å². The highest BCUT2D eigenvalue weighted by molar-refractivity contribution is 5.35. The summed E-state index contributed by atoms with van der Waals surface area (Å²) in [6.45, 7) is 1.71. The molecule has 2 N–H and O–H groups in total. The minimum atomic E-state index is 0.160. The van der Waals surface area contributed by atoms with Crippen LogP contribution >= 0.6 is 0 Å². The molecule has 0 saturated carbocycles. The Morgan fingerprint density at radius 3 is 3.00 bits per heavy atom. The largest absolute Gasteiger partial charge is 0.480 e. The first kappa shape index (κ1) is 11.1. The van der Waals surface area contributed by atoms with E-state index in [1.807, 2.05) is 0 Å². The predicted octanol–water partition coefficient (Wildman–Crippen LogP) is -0.116. The predicted molar refractivity (Wildman–Crippen MR) is 59.7 cm³/mol. The maximum absolute atomic E-state index is 5.35. The second kappa shape index (κ2) is 5.09. The van der Waals surface area contributed by atoms with Gasteiger partial charge in [-0.2, -0.15) is 4.98 Å². The molecule has 1 fully saturated rings. The molecule has 1 saturated heterocycles. The Hall–Kier alpha value is -1.40. The molecule has 1 aromatic heterocycles. The van der Waals surface area contributed by atoms with E-state index in [1.54, 1.807) is 26.6 Å². The molecular weight excluding hydrogens is 208 g/mol. The van der Waals surface area contributed by atoms with Crippen LogP contribution in [0.5, 0.6) is 5.88 Å². The highest BCUT2D eigenvalue weighted by Gasteiger charge is 2.26. The lowest BCUT2D eigenvalue weighted by Crippen LogP contribution is -2.33.